The molecule has 2 aromatic heterocycles. The number of rotatable bonds is 5. The molecule has 3 aromatic rings. The van der Waals surface area contributed by atoms with Gasteiger partial charge in [-0.15, -0.1) is 10.2 Å². The Morgan fingerprint density at radius 2 is 1.88 bits per heavy atom. The predicted molar refractivity (Wildman–Crippen MR) is 100 cm³/mol. The van der Waals surface area contributed by atoms with Crippen molar-refractivity contribution in [2.24, 2.45) is 0 Å². The molecule has 0 spiro atoms. The Hall–Kier alpha value is -2.51. The molecule has 11 nitrogen and oxygen atoms in total. The van der Waals surface area contributed by atoms with E-state index >= 15 is 0 Å². The number of nitro benzene ring substituents is 1. The maximum atomic E-state index is 11.5. The van der Waals surface area contributed by atoms with Crippen LogP contribution >= 0.6 is 35.1 Å². The number of thioether (sulfide) groups is 2. The Labute approximate surface area is 160 Å². The first-order valence-corrected chi connectivity index (χ1v) is 9.70. The number of benzene rings is 1. The third-order valence-electron chi connectivity index (χ3n) is 3.28. The van der Waals surface area contributed by atoms with Gasteiger partial charge in [0.15, 0.2) is 10.8 Å². The van der Waals surface area contributed by atoms with Crippen LogP contribution in [0, 0.1) is 10.1 Å². The van der Waals surface area contributed by atoms with Gasteiger partial charge >= 0.3 is 0 Å². The summed E-state index contributed by atoms with van der Waals surface area (Å²) in [7, 11) is 0. The van der Waals surface area contributed by atoms with Crippen molar-refractivity contribution in [1.82, 2.24) is 29.5 Å². The van der Waals surface area contributed by atoms with Crippen LogP contribution in [-0.2, 0) is 0 Å². The molecule has 0 saturated carbocycles. The first kappa shape index (κ1) is 18.3. The van der Waals surface area contributed by atoms with Crippen LogP contribution in [0.4, 0.5) is 17.6 Å². The molecule has 2 heterocycles. The molecule has 0 aliphatic rings. The minimum absolute atomic E-state index is 0.0133. The van der Waals surface area contributed by atoms with Gasteiger partial charge in [0.05, 0.1) is 15.6 Å². The van der Waals surface area contributed by atoms with Crippen molar-refractivity contribution in [3.05, 3.63) is 27.3 Å². The van der Waals surface area contributed by atoms with Crippen LogP contribution in [0.15, 0.2) is 22.4 Å². The summed E-state index contributed by atoms with van der Waals surface area (Å²) in [6.45, 7) is 0. The van der Waals surface area contributed by atoms with Crippen LogP contribution in [0.25, 0.3) is 11.4 Å². The molecule has 0 bridgehead atoms. The van der Waals surface area contributed by atoms with E-state index in [-0.39, 0.29) is 28.3 Å². The topological polar surface area (TPSA) is 157 Å². The first-order chi connectivity index (χ1) is 12.4. The molecule has 0 atom stereocenters. The standard InChI is InChI=1S/C12H12ClN9O2S2/c1-25-11-17-10(15)21(19-11)8-6(22(23)24)4-3-5(7(8)13)20-12(26-2)16-9(14)18-20/h3-4H,1-2H3,(H2,14,18)(H2,15,17,19). The number of hydrogen-bond acceptors (Lipinski definition) is 10. The second-order valence-electron chi connectivity index (χ2n) is 4.76. The second kappa shape index (κ2) is 7.01. The van der Waals surface area contributed by atoms with Gasteiger partial charge in [-0.25, -0.2) is 4.68 Å². The fraction of sp³-hybridized carbons (Fsp3) is 0.167. The number of aromatic nitrogens is 6. The minimum Gasteiger partial charge on any atom is -0.368 e. The van der Waals surface area contributed by atoms with Crippen molar-refractivity contribution >= 4 is 52.7 Å². The summed E-state index contributed by atoms with van der Waals surface area (Å²) in [6, 6.07) is 2.75. The van der Waals surface area contributed by atoms with Gasteiger partial charge in [0, 0.05) is 6.07 Å². The van der Waals surface area contributed by atoms with Crippen molar-refractivity contribution in [2.45, 2.75) is 10.3 Å². The molecule has 0 aliphatic heterocycles. The highest BCUT2D eigenvalue weighted by atomic mass is 35.5. The third kappa shape index (κ3) is 3.04. The molecule has 26 heavy (non-hydrogen) atoms. The van der Waals surface area contributed by atoms with Gasteiger partial charge in [-0.05, 0) is 18.6 Å². The lowest BCUT2D eigenvalue weighted by atomic mass is 10.2. The molecular formula is C12H12ClN9O2S2. The average Bonchev–Trinajstić information content (AvgIpc) is 3.16. The lowest BCUT2D eigenvalue weighted by Crippen LogP contribution is -2.09. The monoisotopic (exact) mass is 413 g/mol. The molecule has 0 saturated heterocycles. The minimum atomic E-state index is -0.573. The number of nitrogens with zero attached hydrogens (tertiary/aromatic N) is 7. The van der Waals surface area contributed by atoms with E-state index in [1.54, 1.807) is 12.5 Å². The van der Waals surface area contributed by atoms with Gasteiger partial charge in [0.25, 0.3) is 5.69 Å². The average molecular weight is 414 g/mol. The number of halogens is 1. The second-order valence-corrected chi connectivity index (χ2v) is 6.69. The highest BCUT2D eigenvalue weighted by Crippen LogP contribution is 2.37. The molecule has 14 heteroatoms. The van der Waals surface area contributed by atoms with Gasteiger partial charge in [-0.2, -0.15) is 14.6 Å². The normalized spacial score (nSPS) is 11.0. The Kier molecular flexibility index (Phi) is 4.93. The Morgan fingerprint density at radius 1 is 1.15 bits per heavy atom. The van der Waals surface area contributed by atoms with Crippen LogP contribution in [-0.4, -0.2) is 47.0 Å². The number of anilines is 2. The molecule has 0 fully saturated rings. The fourth-order valence-corrected chi connectivity index (χ4v) is 3.38. The third-order valence-corrected chi connectivity index (χ3v) is 4.82. The summed E-state index contributed by atoms with van der Waals surface area (Å²) in [5.74, 6) is 0.0231. The van der Waals surface area contributed by atoms with Gasteiger partial charge in [0.2, 0.25) is 17.1 Å². The van der Waals surface area contributed by atoms with Crippen molar-refractivity contribution in [1.29, 1.82) is 0 Å². The molecule has 136 valence electrons. The summed E-state index contributed by atoms with van der Waals surface area (Å²) >= 11 is 9.04. The predicted octanol–water partition coefficient (Wildman–Crippen LogP) is 2.02. The molecule has 4 N–H and O–H groups in total. The zero-order valence-electron chi connectivity index (χ0n) is 13.5. The van der Waals surface area contributed by atoms with E-state index in [9.17, 15) is 10.1 Å². The number of nitrogen functional groups attached to an aromatic ring is 2. The lowest BCUT2D eigenvalue weighted by molar-refractivity contribution is -0.384. The Bertz CT molecular complexity index is 1000. The number of nitro groups is 1. The van der Waals surface area contributed by atoms with Crippen LogP contribution in [0.3, 0.4) is 0 Å². The summed E-state index contributed by atoms with van der Waals surface area (Å²) in [4.78, 5) is 19.0. The van der Waals surface area contributed by atoms with Crippen LogP contribution in [0.1, 0.15) is 0 Å². The van der Waals surface area contributed by atoms with E-state index < -0.39 is 4.92 Å². The van der Waals surface area contributed by atoms with Gasteiger partial charge < -0.3 is 11.5 Å². The highest BCUT2D eigenvalue weighted by Gasteiger charge is 2.27. The van der Waals surface area contributed by atoms with Gasteiger partial charge in [-0.1, -0.05) is 35.1 Å². The van der Waals surface area contributed by atoms with Crippen molar-refractivity contribution in [3.63, 3.8) is 0 Å². The molecule has 1 aromatic carbocycles. The maximum Gasteiger partial charge on any atom is 0.296 e. The zero-order valence-corrected chi connectivity index (χ0v) is 15.8. The van der Waals surface area contributed by atoms with E-state index in [1.165, 1.54) is 40.3 Å². The summed E-state index contributed by atoms with van der Waals surface area (Å²) < 4.78 is 2.53. The first-order valence-electron chi connectivity index (χ1n) is 6.88. The van der Waals surface area contributed by atoms with E-state index in [4.69, 9.17) is 23.1 Å². The maximum absolute atomic E-state index is 11.5. The van der Waals surface area contributed by atoms with Crippen molar-refractivity contribution in [2.75, 3.05) is 24.0 Å². The summed E-state index contributed by atoms with van der Waals surface area (Å²) in [5, 5.41) is 20.6. The quantitative estimate of drug-likeness (QED) is 0.360. The lowest BCUT2D eigenvalue weighted by Gasteiger charge is -2.11. The Morgan fingerprint density at radius 3 is 2.46 bits per heavy atom. The SMILES string of the molecule is CSc1nc(N)n(-c2c([N+](=O)[O-])ccc(-n3nc(N)nc3SC)c2Cl)n1. The fourth-order valence-electron chi connectivity index (χ4n) is 2.21. The van der Waals surface area contributed by atoms with Crippen molar-refractivity contribution in [3.8, 4) is 11.4 Å². The molecular weight excluding hydrogens is 402 g/mol. The van der Waals surface area contributed by atoms with E-state index in [0.717, 1.165) is 4.68 Å². The molecule has 0 unspecified atom stereocenters. The summed E-state index contributed by atoms with van der Waals surface area (Å²) in [6.07, 6.45) is 3.55. The largest absolute Gasteiger partial charge is 0.368 e. The molecule has 0 amide bonds. The van der Waals surface area contributed by atoms with E-state index in [0.29, 0.717) is 16.0 Å². The number of hydrogen-bond donors (Lipinski definition) is 2. The molecule has 0 aliphatic carbocycles. The van der Waals surface area contributed by atoms with Crippen molar-refractivity contribution < 1.29 is 4.92 Å². The van der Waals surface area contributed by atoms with Crippen LogP contribution < -0.4 is 11.5 Å². The zero-order chi connectivity index (χ0) is 19.0. The Balaban J connectivity index is 2.31. The van der Waals surface area contributed by atoms with Gasteiger partial charge in [-0.3, -0.25) is 10.1 Å². The van der Waals surface area contributed by atoms with Crippen LogP contribution in [0.5, 0.6) is 0 Å². The summed E-state index contributed by atoms with van der Waals surface area (Å²) in [5.41, 5.74) is 11.6. The van der Waals surface area contributed by atoms with E-state index in [2.05, 4.69) is 20.2 Å². The molecule has 3 rings (SSSR count). The number of nitrogens with two attached hydrogens (primary N) is 2. The van der Waals surface area contributed by atoms with Gasteiger partial charge in [0.1, 0.15) is 0 Å². The van der Waals surface area contributed by atoms with Crippen LogP contribution in [0.2, 0.25) is 5.02 Å². The molecule has 0 radical (unpaired) electrons. The van der Waals surface area contributed by atoms with E-state index in [1.807, 2.05) is 0 Å². The highest BCUT2D eigenvalue weighted by molar-refractivity contribution is 7.98. The smallest absolute Gasteiger partial charge is 0.296 e.